The van der Waals surface area contributed by atoms with E-state index in [9.17, 15) is 0 Å². The molecule has 0 radical (unpaired) electrons. The molecule has 0 bridgehead atoms. The van der Waals surface area contributed by atoms with Crippen LogP contribution in [0.2, 0.25) is 8.67 Å². The largest absolute Gasteiger partial charge is 0.310 e. The van der Waals surface area contributed by atoms with Gasteiger partial charge in [0.15, 0.2) is 0 Å². The summed E-state index contributed by atoms with van der Waals surface area (Å²) in [7, 11) is 1.88. The average Bonchev–Trinajstić information content (AvgIpc) is 2.31. The smallest absolute Gasteiger partial charge is 0.0995 e. The Morgan fingerprint density at radius 2 is 2.23 bits per heavy atom. The van der Waals surface area contributed by atoms with Gasteiger partial charge >= 0.3 is 0 Å². The molecule has 1 aromatic rings. The summed E-state index contributed by atoms with van der Waals surface area (Å²) in [5.41, 5.74) is 2.03. The van der Waals surface area contributed by atoms with Crippen molar-refractivity contribution >= 4 is 34.5 Å². The Morgan fingerprint density at radius 1 is 1.62 bits per heavy atom. The van der Waals surface area contributed by atoms with Gasteiger partial charge in [0, 0.05) is 5.56 Å². The molecule has 0 saturated heterocycles. The lowest BCUT2D eigenvalue weighted by atomic mass is 10.1. The van der Waals surface area contributed by atoms with Crippen LogP contribution < -0.4 is 5.32 Å². The predicted octanol–water partition coefficient (Wildman–Crippen LogP) is 3.89. The molecule has 1 rings (SSSR count). The molecule has 1 heterocycles. The second-order valence-electron chi connectivity index (χ2n) is 2.85. The first-order chi connectivity index (χ1) is 6.06. The van der Waals surface area contributed by atoms with Gasteiger partial charge in [-0.05, 0) is 20.0 Å². The van der Waals surface area contributed by atoms with Crippen molar-refractivity contribution in [1.29, 1.82) is 0 Å². The lowest BCUT2D eigenvalue weighted by Crippen LogP contribution is -2.16. The minimum absolute atomic E-state index is 0.0937. The van der Waals surface area contributed by atoms with Crippen LogP contribution in [-0.2, 0) is 0 Å². The van der Waals surface area contributed by atoms with E-state index in [1.165, 1.54) is 11.3 Å². The van der Waals surface area contributed by atoms with Gasteiger partial charge in [-0.25, -0.2) is 0 Å². The Hall–Kier alpha value is -0.0200. The molecule has 13 heavy (non-hydrogen) atoms. The number of thiophene rings is 1. The number of likely N-dealkylation sites (N-methyl/N-ethyl adjacent to an activating group) is 1. The summed E-state index contributed by atoms with van der Waals surface area (Å²) in [5.74, 6) is 0. The van der Waals surface area contributed by atoms with Crippen molar-refractivity contribution in [2.45, 2.75) is 13.0 Å². The minimum atomic E-state index is 0.0937. The summed E-state index contributed by atoms with van der Waals surface area (Å²) in [6.07, 6.45) is 0. The fraction of sp³-hybridized carbons (Fsp3) is 0.333. The second kappa shape index (κ2) is 4.47. The lowest BCUT2D eigenvalue weighted by molar-refractivity contribution is 0.682. The van der Waals surface area contributed by atoms with Crippen molar-refractivity contribution in [2.24, 2.45) is 0 Å². The van der Waals surface area contributed by atoms with Crippen LogP contribution in [0.3, 0.4) is 0 Å². The molecule has 0 aromatic carbocycles. The Balaban J connectivity index is 3.04. The maximum absolute atomic E-state index is 6.02. The van der Waals surface area contributed by atoms with Gasteiger partial charge in [0.1, 0.15) is 0 Å². The number of rotatable bonds is 3. The molecular weight excluding hydrogens is 225 g/mol. The quantitative estimate of drug-likeness (QED) is 0.785. The fourth-order valence-corrected chi connectivity index (χ4v) is 2.75. The summed E-state index contributed by atoms with van der Waals surface area (Å²) < 4.78 is 1.44. The van der Waals surface area contributed by atoms with E-state index in [4.69, 9.17) is 23.2 Å². The highest BCUT2D eigenvalue weighted by atomic mass is 35.5. The highest BCUT2D eigenvalue weighted by Crippen LogP contribution is 2.36. The zero-order chi connectivity index (χ0) is 10.0. The lowest BCUT2D eigenvalue weighted by Gasteiger charge is -2.14. The fourth-order valence-electron chi connectivity index (χ4n) is 1.22. The maximum Gasteiger partial charge on any atom is 0.0995 e. The predicted molar refractivity (Wildman–Crippen MR) is 61.0 cm³/mol. The van der Waals surface area contributed by atoms with Gasteiger partial charge < -0.3 is 5.32 Å². The first-order valence-electron chi connectivity index (χ1n) is 3.83. The van der Waals surface area contributed by atoms with Crippen LogP contribution in [0.15, 0.2) is 18.2 Å². The third-order valence-corrected chi connectivity index (χ3v) is 3.29. The highest BCUT2D eigenvalue weighted by molar-refractivity contribution is 7.20. The van der Waals surface area contributed by atoms with Crippen LogP contribution in [0.4, 0.5) is 0 Å². The van der Waals surface area contributed by atoms with Gasteiger partial charge in [-0.2, -0.15) is 0 Å². The van der Waals surface area contributed by atoms with E-state index in [0.29, 0.717) is 4.34 Å². The molecule has 0 amide bonds. The van der Waals surface area contributed by atoms with Crippen molar-refractivity contribution < 1.29 is 0 Å². The van der Waals surface area contributed by atoms with E-state index in [1.54, 1.807) is 0 Å². The summed E-state index contributed by atoms with van der Waals surface area (Å²) in [6, 6.07) is 1.97. The molecule has 1 unspecified atom stereocenters. The van der Waals surface area contributed by atoms with Crippen molar-refractivity contribution in [3.63, 3.8) is 0 Å². The van der Waals surface area contributed by atoms with Gasteiger partial charge in [0.2, 0.25) is 0 Å². The van der Waals surface area contributed by atoms with Crippen molar-refractivity contribution in [2.75, 3.05) is 7.05 Å². The van der Waals surface area contributed by atoms with E-state index < -0.39 is 0 Å². The van der Waals surface area contributed by atoms with Crippen LogP contribution in [0.5, 0.6) is 0 Å². The van der Waals surface area contributed by atoms with Crippen LogP contribution in [0.1, 0.15) is 18.5 Å². The van der Waals surface area contributed by atoms with E-state index in [0.717, 1.165) is 15.5 Å². The molecule has 4 heteroatoms. The zero-order valence-corrected chi connectivity index (χ0v) is 9.85. The van der Waals surface area contributed by atoms with Gasteiger partial charge in [0.25, 0.3) is 0 Å². The zero-order valence-electron chi connectivity index (χ0n) is 7.53. The Labute approximate surface area is 92.4 Å². The van der Waals surface area contributed by atoms with E-state index >= 15 is 0 Å². The average molecular weight is 236 g/mol. The number of nitrogens with one attached hydrogen (secondary N) is 1. The molecule has 0 spiro atoms. The molecule has 0 saturated carbocycles. The van der Waals surface area contributed by atoms with Crippen LogP contribution in [0, 0.1) is 0 Å². The van der Waals surface area contributed by atoms with Crippen molar-refractivity contribution in [3.8, 4) is 0 Å². The molecule has 1 aromatic heterocycles. The molecule has 1 atom stereocenters. The highest BCUT2D eigenvalue weighted by Gasteiger charge is 2.16. The summed E-state index contributed by atoms with van der Waals surface area (Å²) in [4.78, 5) is 0. The first-order valence-corrected chi connectivity index (χ1v) is 5.41. The molecule has 0 aliphatic rings. The second-order valence-corrected chi connectivity index (χ2v) is 5.13. The van der Waals surface area contributed by atoms with Crippen LogP contribution in [0.25, 0.3) is 0 Å². The van der Waals surface area contributed by atoms with Crippen molar-refractivity contribution in [1.82, 2.24) is 5.32 Å². The molecule has 0 fully saturated rings. The van der Waals surface area contributed by atoms with Gasteiger partial charge in [-0.15, -0.1) is 11.3 Å². The molecule has 1 N–H and O–H groups in total. The standard InChI is InChI=1S/C9H11Cl2NS/c1-5(2)8(12-3)6-4-7(10)13-9(6)11/h4,8,12H,1H2,2-3H3. The van der Waals surface area contributed by atoms with E-state index in [1.807, 2.05) is 20.0 Å². The maximum atomic E-state index is 6.02. The Morgan fingerprint density at radius 3 is 2.54 bits per heavy atom. The number of halogens is 2. The minimum Gasteiger partial charge on any atom is -0.310 e. The normalized spacial score (nSPS) is 12.9. The molecule has 0 aliphatic heterocycles. The third-order valence-electron chi connectivity index (χ3n) is 1.78. The molecule has 1 nitrogen and oxygen atoms in total. The van der Waals surface area contributed by atoms with E-state index in [2.05, 4.69) is 11.9 Å². The third kappa shape index (κ3) is 2.47. The van der Waals surface area contributed by atoms with E-state index in [-0.39, 0.29) is 6.04 Å². The SMILES string of the molecule is C=C(C)C(NC)c1cc(Cl)sc1Cl. The van der Waals surface area contributed by atoms with Crippen LogP contribution in [-0.4, -0.2) is 7.05 Å². The topological polar surface area (TPSA) is 12.0 Å². The first kappa shape index (κ1) is 11.1. The van der Waals surface area contributed by atoms with Crippen molar-refractivity contribution in [3.05, 3.63) is 32.5 Å². The molecule has 0 aliphatic carbocycles. The molecule has 72 valence electrons. The summed E-state index contributed by atoms with van der Waals surface area (Å²) >= 11 is 13.2. The Kier molecular flexibility index (Phi) is 3.80. The van der Waals surface area contributed by atoms with Gasteiger partial charge in [0.05, 0.1) is 14.7 Å². The van der Waals surface area contributed by atoms with Gasteiger partial charge in [-0.1, -0.05) is 35.4 Å². The monoisotopic (exact) mass is 235 g/mol. The summed E-state index contributed by atoms with van der Waals surface area (Å²) in [5, 5.41) is 3.14. The number of hydrogen-bond donors (Lipinski definition) is 1. The molecular formula is C9H11Cl2NS. The number of hydrogen-bond acceptors (Lipinski definition) is 2. The van der Waals surface area contributed by atoms with Gasteiger partial charge in [-0.3, -0.25) is 0 Å². The summed E-state index contributed by atoms with van der Waals surface area (Å²) in [6.45, 7) is 5.85. The van der Waals surface area contributed by atoms with Crippen LogP contribution >= 0.6 is 34.5 Å². The Bertz CT molecular complexity index is 319.